The van der Waals surface area contributed by atoms with Gasteiger partial charge >= 0.3 is 0 Å². The quantitative estimate of drug-likeness (QED) is 0.753. The van der Waals surface area contributed by atoms with Crippen molar-refractivity contribution >= 4 is 10.0 Å². The summed E-state index contributed by atoms with van der Waals surface area (Å²) in [7, 11) is -3.68. The summed E-state index contributed by atoms with van der Waals surface area (Å²) in [5.41, 5.74) is 1.28. The van der Waals surface area contributed by atoms with Crippen LogP contribution >= 0.6 is 0 Å². The third-order valence-corrected chi connectivity index (χ3v) is 4.87. The molecule has 1 atom stereocenters. The number of hydrogen-bond acceptors (Lipinski definition) is 4. The first kappa shape index (κ1) is 15.7. The highest BCUT2D eigenvalue weighted by Crippen LogP contribution is 2.21. The van der Waals surface area contributed by atoms with Crippen LogP contribution in [0, 0.1) is 0 Å². The lowest BCUT2D eigenvalue weighted by molar-refractivity contribution is 0.281. The number of hydrogen-bond donors (Lipinski definition) is 3. The molecule has 0 fully saturated rings. The molecule has 0 saturated carbocycles. The summed E-state index contributed by atoms with van der Waals surface area (Å²) >= 11 is 0. The Morgan fingerprint density at radius 1 is 1.43 bits per heavy atom. The van der Waals surface area contributed by atoms with E-state index in [2.05, 4.69) is 14.7 Å². The standard InChI is InChI=1S/C14H19N3O3S/c1-3-12-5-4-11(9-18)8-13(12)21(19,20)17-10(2)14-15-6-7-16-14/h4-8,10,17-18H,3,9H2,1-2H3,(H,15,16). The molecule has 21 heavy (non-hydrogen) atoms. The third-order valence-electron chi connectivity index (χ3n) is 3.25. The number of aliphatic hydroxyl groups excluding tert-OH is 1. The molecule has 7 heteroatoms. The fourth-order valence-electron chi connectivity index (χ4n) is 2.11. The van der Waals surface area contributed by atoms with E-state index in [9.17, 15) is 13.5 Å². The molecule has 0 bridgehead atoms. The van der Waals surface area contributed by atoms with Gasteiger partial charge in [-0.1, -0.05) is 19.1 Å². The van der Waals surface area contributed by atoms with Crippen molar-refractivity contribution in [3.8, 4) is 0 Å². The Morgan fingerprint density at radius 3 is 2.76 bits per heavy atom. The SMILES string of the molecule is CCc1ccc(CO)cc1S(=O)(=O)NC(C)c1ncc[nH]1. The predicted octanol–water partition coefficient (Wildman–Crippen LogP) is 1.50. The van der Waals surface area contributed by atoms with Crippen LogP contribution < -0.4 is 4.72 Å². The smallest absolute Gasteiger partial charge is 0.241 e. The van der Waals surface area contributed by atoms with E-state index < -0.39 is 16.1 Å². The first-order valence-electron chi connectivity index (χ1n) is 6.72. The predicted molar refractivity (Wildman–Crippen MR) is 79.1 cm³/mol. The van der Waals surface area contributed by atoms with E-state index in [1.54, 1.807) is 31.5 Å². The number of nitrogens with one attached hydrogen (secondary N) is 2. The maximum atomic E-state index is 12.6. The van der Waals surface area contributed by atoms with Crippen molar-refractivity contribution in [2.45, 2.75) is 37.8 Å². The molecule has 1 aromatic heterocycles. The Balaban J connectivity index is 2.34. The molecule has 1 aromatic carbocycles. The largest absolute Gasteiger partial charge is 0.392 e. The average Bonchev–Trinajstić information content (AvgIpc) is 3.00. The molecule has 2 rings (SSSR count). The number of aromatic amines is 1. The maximum Gasteiger partial charge on any atom is 0.241 e. The minimum absolute atomic E-state index is 0.194. The minimum atomic E-state index is -3.68. The maximum absolute atomic E-state index is 12.6. The zero-order valence-corrected chi connectivity index (χ0v) is 12.8. The highest BCUT2D eigenvalue weighted by atomic mass is 32.2. The van der Waals surface area contributed by atoms with E-state index in [-0.39, 0.29) is 11.5 Å². The van der Waals surface area contributed by atoms with Crippen LogP contribution in [0.5, 0.6) is 0 Å². The van der Waals surface area contributed by atoms with Crippen molar-refractivity contribution in [2.75, 3.05) is 0 Å². The van der Waals surface area contributed by atoms with Gasteiger partial charge < -0.3 is 10.1 Å². The Bertz CT molecular complexity index is 696. The molecule has 0 aliphatic carbocycles. The highest BCUT2D eigenvalue weighted by molar-refractivity contribution is 7.89. The first-order valence-corrected chi connectivity index (χ1v) is 8.20. The number of sulfonamides is 1. The van der Waals surface area contributed by atoms with Gasteiger partial charge in [-0.3, -0.25) is 0 Å². The molecule has 3 N–H and O–H groups in total. The first-order chi connectivity index (χ1) is 9.97. The summed E-state index contributed by atoms with van der Waals surface area (Å²) in [6.07, 6.45) is 3.81. The van der Waals surface area contributed by atoms with Gasteiger partial charge in [-0.15, -0.1) is 0 Å². The topological polar surface area (TPSA) is 95.1 Å². The Morgan fingerprint density at radius 2 is 2.19 bits per heavy atom. The summed E-state index contributed by atoms with van der Waals surface area (Å²) < 4.78 is 27.7. The average molecular weight is 309 g/mol. The molecule has 114 valence electrons. The zero-order valence-electron chi connectivity index (χ0n) is 12.0. The van der Waals surface area contributed by atoms with Gasteiger partial charge in [0.05, 0.1) is 17.5 Å². The molecule has 1 unspecified atom stereocenters. The lowest BCUT2D eigenvalue weighted by Crippen LogP contribution is -2.28. The van der Waals surface area contributed by atoms with Crippen molar-refractivity contribution in [3.63, 3.8) is 0 Å². The van der Waals surface area contributed by atoms with Crippen LogP contribution in [0.4, 0.5) is 0 Å². The van der Waals surface area contributed by atoms with E-state index in [0.29, 0.717) is 23.4 Å². The van der Waals surface area contributed by atoms with E-state index >= 15 is 0 Å². The van der Waals surface area contributed by atoms with Gasteiger partial charge in [0.25, 0.3) is 0 Å². The third kappa shape index (κ3) is 3.49. The lowest BCUT2D eigenvalue weighted by atomic mass is 10.1. The normalized spacial score (nSPS) is 13.3. The summed E-state index contributed by atoms with van der Waals surface area (Å²) in [6, 6.07) is 4.51. The number of imidazole rings is 1. The molecule has 0 aliphatic heterocycles. The molecule has 0 saturated heterocycles. The summed E-state index contributed by atoms with van der Waals surface area (Å²) in [4.78, 5) is 7.14. The van der Waals surface area contributed by atoms with Crippen molar-refractivity contribution < 1.29 is 13.5 Å². The molecule has 0 amide bonds. The molecular formula is C14H19N3O3S. The number of nitrogens with zero attached hydrogens (tertiary/aromatic N) is 1. The van der Waals surface area contributed by atoms with Gasteiger partial charge in [-0.25, -0.2) is 18.1 Å². The molecule has 0 aliphatic rings. The summed E-state index contributed by atoms with van der Waals surface area (Å²) in [5, 5.41) is 9.19. The van der Waals surface area contributed by atoms with Crippen molar-refractivity contribution in [3.05, 3.63) is 47.5 Å². The number of H-pyrrole nitrogens is 1. The number of aryl methyl sites for hydroxylation is 1. The number of aromatic nitrogens is 2. The number of benzene rings is 1. The van der Waals surface area contributed by atoms with Crippen LogP contribution in [0.1, 0.15) is 36.8 Å². The van der Waals surface area contributed by atoms with Gasteiger partial charge in [0, 0.05) is 12.4 Å². The zero-order chi connectivity index (χ0) is 15.5. The summed E-state index contributed by atoms with van der Waals surface area (Å²) in [5.74, 6) is 0.551. The molecule has 2 aromatic rings. The van der Waals surface area contributed by atoms with Gasteiger partial charge in [-0.2, -0.15) is 0 Å². The van der Waals surface area contributed by atoms with Crippen molar-refractivity contribution in [2.24, 2.45) is 0 Å². The Labute approximate surface area is 124 Å². The van der Waals surface area contributed by atoms with Gasteiger partial charge in [-0.05, 0) is 30.5 Å². The van der Waals surface area contributed by atoms with Gasteiger partial charge in [0.1, 0.15) is 5.82 Å². The van der Waals surface area contributed by atoms with Gasteiger partial charge in [0.2, 0.25) is 10.0 Å². The number of aliphatic hydroxyl groups is 1. The fourth-order valence-corrected chi connectivity index (χ4v) is 3.67. The van der Waals surface area contributed by atoms with E-state index in [0.717, 1.165) is 0 Å². The summed E-state index contributed by atoms with van der Waals surface area (Å²) in [6.45, 7) is 3.42. The van der Waals surface area contributed by atoms with E-state index in [1.807, 2.05) is 6.92 Å². The fraction of sp³-hybridized carbons (Fsp3) is 0.357. The molecule has 1 heterocycles. The van der Waals surface area contributed by atoms with E-state index in [4.69, 9.17) is 0 Å². The van der Waals surface area contributed by atoms with Crippen LogP contribution in [-0.2, 0) is 23.1 Å². The second-order valence-corrected chi connectivity index (χ2v) is 6.45. The second-order valence-electron chi connectivity index (χ2n) is 4.77. The lowest BCUT2D eigenvalue weighted by Gasteiger charge is -2.15. The Kier molecular flexibility index (Phi) is 4.76. The molecular weight excluding hydrogens is 290 g/mol. The van der Waals surface area contributed by atoms with Crippen molar-refractivity contribution in [1.82, 2.24) is 14.7 Å². The second kappa shape index (κ2) is 6.38. The van der Waals surface area contributed by atoms with E-state index in [1.165, 1.54) is 6.07 Å². The van der Waals surface area contributed by atoms with Crippen molar-refractivity contribution in [1.29, 1.82) is 0 Å². The van der Waals surface area contributed by atoms with Crippen LogP contribution in [0.15, 0.2) is 35.5 Å². The molecule has 0 radical (unpaired) electrons. The Hall–Kier alpha value is -1.70. The molecule has 6 nitrogen and oxygen atoms in total. The van der Waals surface area contributed by atoms with Crippen LogP contribution in [0.25, 0.3) is 0 Å². The molecule has 0 spiro atoms. The van der Waals surface area contributed by atoms with Crippen LogP contribution in [-0.4, -0.2) is 23.5 Å². The minimum Gasteiger partial charge on any atom is -0.392 e. The van der Waals surface area contributed by atoms with Gasteiger partial charge in [0.15, 0.2) is 0 Å². The highest BCUT2D eigenvalue weighted by Gasteiger charge is 2.22. The monoisotopic (exact) mass is 309 g/mol. The van der Waals surface area contributed by atoms with Crippen LogP contribution in [0.3, 0.4) is 0 Å². The number of rotatable bonds is 6. The van der Waals surface area contributed by atoms with Crippen LogP contribution in [0.2, 0.25) is 0 Å².